The van der Waals surface area contributed by atoms with Gasteiger partial charge < -0.3 is 9.64 Å². The molecule has 0 spiro atoms. The Morgan fingerprint density at radius 3 is 2.65 bits per heavy atom. The summed E-state index contributed by atoms with van der Waals surface area (Å²) in [6.45, 7) is 7.00. The number of pyridine rings is 1. The van der Waals surface area contributed by atoms with Crippen molar-refractivity contribution in [1.29, 1.82) is 0 Å². The second-order valence-corrected chi connectivity index (χ2v) is 7.20. The lowest BCUT2D eigenvalue weighted by atomic mass is 10.0. The molecule has 0 atom stereocenters. The molecule has 2 rings (SSSR count). The minimum atomic E-state index is -0.449. The number of piperidine rings is 1. The zero-order valence-electron chi connectivity index (χ0n) is 13.7. The first-order valence-electron chi connectivity index (χ1n) is 7.63. The Bertz CT molecular complexity index is 656. The van der Waals surface area contributed by atoms with Crippen LogP contribution in [-0.4, -0.2) is 34.7 Å². The van der Waals surface area contributed by atoms with Gasteiger partial charge in [-0.2, -0.15) is 0 Å². The van der Waals surface area contributed by atoms with Gasteiger partial charge in [0, 0.05) is 13.1 Å². The van der Waals surface area contributed by atoms with Crippen molar-refractivity contribution in [3.63, 3.8) is 0 Å². The number of carbonyl (C=O) groups is 1. The maximum absolute atomic E-state index is 12.0. The fraction of sp³-hybridized carbons (Fsp3) is 0.444. The molecule has 5 heteroatoms. The average molecular weight is 377 g/mol. The molecule has 1 aromatic heterocycles. The van der Waals surface area contributed by atoms with Gasteiger partial charge in [-0.1, -0.05) is 17.6 Å². The highest BCUT2D eigenvalue weighted by Crippen LogP contribution is 2.18. The van der Waals surface area contributed by atoms with Gasteiger partial charge in [-0.25, -0.2) is 9.78 Å². The molecule has 0 unspecified atom stereocenters. The zero-order valence-corrected chi connectivity index (χ0v) is 15.3. The normalized spacial score (nSPS) is 14.8. The predicted octanol–water partition coefficient (Wildman–Crippen LogP) is 4.15. The quantitative estimate of drug-likeness (QED) is 0.504. The van der Waals surface area contributed by atoms with E-state index in [4.69, 9.17) is 4.74 Å². The third-order valence-electron chi connectivity index (χ3n) is 3.25. The number of allylic oxidation sites excluding steroid dienone is 1. The summed E-state index contributed by atoms with van der Waals surface area (Å²) >= 11 is 3.33. The van der Waals surface area contributed by atoms with Crippen LogP contribution in [0.4, 0.5) is 4.79 Å². The molecule has 1 aromatic rings. The van der Waals surface area contributed by atoms with Crippen molar-refractivity contribution in [1.82, 2.24) is 9.88 Å². The molecule has 122 valence electrons. The van der Waals surface area contributed by atoms with Gasteiger partial charge in [0.05, 0.1) is 0 Å². The van der Waals surface area contributed by atoms with E-state index >= 15 is 0 Å². The van der Waals surface area contributed by atoms with Crippen molar-refractivity contribution in [2.24, 2.45) is 0 Å². The van der Waals surface area contributed by atoms with Crippen LogP contribution in [0.15, 0.2) is 34.5 Å². The molecule has 0 aliphatic carbocycles. The second-order valence-electron chi connectivity index (χ2n) is 6.38. The largest absolute Gasteiger partial charge is 0.444 e. The van der Waals surface area contributed by atoms with E-state index in [0.717, 1.165) is 23.1 Å². The fourth-order valence-corrected chi connectivity index (χ4v) is 2.48. The van der Waals surface area contributed by atoms with Gasteiger partial charge in [0.2, 0.25) is 0 Å². The van der Waals surface area contributed by atoms with Gasteiger partial charge in [-0.15, -0.1) is 0 Å². The number of halogens is 1. The number of hydrogen-bond acceptors (Lipinski definition) is 3. The zero-order chi connectivity index (χ0) is 16.9. The van der Waals surface area contributed by atoms with Crippen LogP contribution in [0.1, 0.15) is 39.3 Å². The molecule has 0 saturated carbocycles. The maximum atomic E-state index is 12.0. The van der Waals surface area contributed by atoms with Crippen molar-refractivity contribution in [3.8, 4) is 11.8 Å². The molecule has 0 radical (unpaired) electrons. The first-order valence-corrected chi connectivity index (χ1v) is 8.43. The number of ether oxygens (including phenoxy) is 1. The summed E-state index contributed by atoms with van der Waals surface area (Å²) in [4.78, 5) is 18.0. The summed E-state index contributed by atoms with van der Waals surface area (Å²) in [5.74, 6) is 6.08. The molecule has 0 aromatic carbocycles. The van der Waals surface area contributed by atoms with E-state index in [2.05, 4.69) is 32.8 Å². The first kappa shape index (κ1) is 17.6. The Hall–Kier alpha value is -1.80. The molecular weight excluding hydrogens is 356 g/mol. The molecule has 23 heavy (non-hydrogen) atoms. The smallest absolute Gasteiger partial charge is 0.410 e. The summed E-state index contributed by atoms with van der Waals surface area (Å²) < 4.78 is 6.17. The number of hydrogen-bond donors (Lipinski definition) is 0. The topological polar surface area (TPSA) is 42.4 Å². The van der Waals surface area contributed by atoms with E-state index < -0.39 is 5.60 Å². The van der Waals surface area contributed by atoms with Crippen LogP contribution in [0.5, 0.6) is 0 Å². The molecule has 1 aliphatic heterocycles. The number of amides is 1. The number of nitrogens with zero attached hydrogens (tertiary/aromatic N) is 2. The molecule has 1 fully saturated rings. The lowest BCUT2D eigenvalue weighted by molar-refractivity contribution is 0.0236. The summed E-state index contributed by atoms with van der Waals surface area (Å²) in [5.41, 5.74) is 1.55. The molecule has 0 N–H and O–H groups in total. The van der Waals surface area contributed by atoms with Crippen molar-refractivity contribution in [3.05, 3.63) is 40.1 Å². The minimum absolute atomic E-state index is 0.235. The van der Waals surface area contributed by atoms with Crippen LogP contribution in [0.25, 0.3) is 0 Å². The summed E-state index contributed by atoms with van der Waals surface area (Å²) in [5, 5.41) is 0. The van der Waals surface area contributed by atoms with Crippen molar-refractivity contribution in [2.45, 2.75) is 39.2 Å². The third-order valence-corrected chi connectivity index (χ3v) is 3.69. The maximum Gasteiger partial charge on any atom is 0.410 e. The highest BCUT2D eigenvalue weighted by Gasteiger charge is 2.24. The standard InChI is InChI=1S/C18H21BrN2O2/c1-18(2,3)23-17(22)21-12-10-14(11-13-21)6-4-7-15-8-5-9-16(19)20-15/h5-6,8-9H,10-13H2,1-3H3. The van der Waals surface area contributed by atoms with Crippen LogP contribution in [-0.2, 0) is 4.74 Å². The van der Waals surface area contributed by atoms with E-state index in [1.54, 1.807) is 4.90 Å². The van der Waals surface area contributed by atoms with Crippen LogP contribution in [0.2, 0.25) is 0 Å². The van der Waals surface area contributed by atoms with E-state index in [1.807, 2.05) is 45.0 Å². The molecule has 1 aliphatic rings. The Balaban J connectivity index is 1.88. The molecule has 1 saturated heterocycles. The number of carbonyl (C=O) groups excluding carboxylic acids is 1. The van der Waals surface area contributed by atoms with E-state index in [-0.39, 0.29) is 6.09 Å². The first-order chi connectivity index (χ1) is 10.8. The highest BCUT2D eigenvalue weighted by molar-refractivity contribution is 9.10. The fourth-order valence-electron chi connectivity index (χ4n) is 2.14. The van der Waals surface area contributed by atoms with Crippen molar-refractivity contribution >= 4 is 22.0 Å². The number of aromatic nitrogens is 1. The Labute approximate surface area is 146 Å². The molecule has 2 heterocycles. The van der Waals surface area contributed by atoms with E-state index in [9.17, 15) is 4.79 Å². The van der Waals surface area contributed by atoms with Crippen molar-refractivity contribution in [2.75, 3.05) is 13.1 Å². The minimum Gasteiger partial charge on any atom is -0.444 e. The number of rotatable bonds is 0. The van der Waals surface area contributed by atoms with Gasteiger partial charge in [0.15, 0.2) is 0 Å². The molecule has 0 bridgehead atoms. The Morgan fingerprint density at radius 2 is 2.04 bits per heavy atom. The van der Waals surface area contributed by atoms with Gasteiger partial charge in [-0.05, 0) is 73.7 Å². The van der Waals surface area contributed by atoms with Crippen LogP contribution < -0.4 is 0 Å². The Morgan fingerprint density at radius 1 is 1.35 bits per heavy atom. The van der Waals surface area contributed by atoms with Gasteiger partial charge in [-0.3, -0.25) is 0 Å². The Kier molecular flexibility index (Phi) is 5.84. The van der Waals surface area contributed by atoms with Gasteiger partial charge in [0.1, 0.15) is 15.9 Å². The van der Waals surface area contributed by atoms with Crippen LogP contribution in [0.3, 0.4) is 0 Å². The monoisotopic (exact) mass is 376 g/mol. The lowest BCUT2D eigenvalue weighted by Gasteiger charge is -2.30. The molecule has 4 nitrogen and oxygen atoms in total. The highest BCUT2D eigenvalue weighted by atomic mass is 79.9. The van der Waals surface area contributed by atoms with Crippen LogP contribution >= 0.6 is 15.9 Å². The van der Waals surface area contributed by atoms with E-state index in [0.29, 0.717) is 13.1 Å². The molecule has 1 amide bonds. The number of likely N-dealkylation sites (tertiary alicyclic amines) is 1. The van der Waals surface area contributed by atoms with Gasteiger partial charge >= 0.3 is 6.09 Å². The third kappa shape index (κ3) is 6.07. The summed E-state index contributed by atoms with van der Waals surface area (Å²) in [7, 11) is 0. The predicted molar refractivity (Wildman–Crippen MR) is 93.9 cm³/mol. The second kappa shape index (κ2) is 7.65. The average Bonchev–Trinajstić information content (AvgIpc) is 2.46. The SMILES string of the molecule is CC(C)(C)OC(=O)N1CCC(=CC#Cc2cccc(Br)n2)CC1. The van der Waals surface area contributed by atoms with Crippen molar-refractivity contribution < 1.29 is 9.53 Å². The summed E-state index contributed by atoms with van der Waals surface area (Å²) in [6, 6.07) is 5.66. The summed E-state index contributed by atoms with van der Waals surface area (Å²) in [6.07, 6.45) is 3.37. The van der Waals surface area contributed by atoms with E-state index in [1.165, 1.54) is 5.57 Å². The van der Waals surface area contributed by atoms with Crippen LogP contribution in [0, 0.1) is 11.8 Å². The lowest BCUT2D eigenvalue weighted by Crippen LogP contribution is -2.40. The molecular formula is C18H21BrN2O2. The van der Waals surface area contributed by atoms with Gasteiger partial charge in [0.25, 0.3) is 0 Å².